The molecule has 7 heteroatoms. The van der Waals surface area contributed by atoms with Crippen molar-refractivity contribution in [3.63, 3.8) is 0 Å². The van der Waals surface area contributed by atoms with E-state index in [1.165, 1.54) is 11.8 Å². The van der Waals surface area contributed by atoms with Crippen LogP contribution in [0.4, 0.5) is 0 Å². The number of rotatable bonds is 11. The van der Waals surface area contributed by atoms with E-state index in [0.29, 0.717) is 0 Å². The predicted octanol–water partition coefficient (Wildman–Crippen LogP) is -2.00. The molecule has 0 aromatic heterocycles. The summed E-state index contributed by atoms with van der Waals surface area (Å²) in [5.74, 6) is -1.28. The fraction of sp³-hybridized carbons (Fsp3) is 0.733. The van der Waals surface area contributed by atoms with E-state index in [9.17, 15) is 15.0 Å². The first-order valence-electron chi connectivity index (χ1n) is 7.38. The maximum Gasteiger partial charge on any atom is 1.00 e. The second kappa shape index (κ2) is 14.2. The molecule has 0 radical (unpaired) electrons. The van der Waals surface area contributed by atoms with Crippen LogP contribution in [0.25, 0.3) is 0 Å². The van der Waals surface area contributed by atoms with Gasteiger partial charge in [-0.05, 0) is 32.6 Å². The average Bonchev–Trinajstić information content (AvgIpc) is 2.41. The molecule has 0 heterocycles. The van der Waals surface area contributed by atoms with Crippen molar-refractivity contribution in [3.05, 3.63) is 12.2 Å². The van der Waals surface area contributed by atoms with E-state index in [4.69, 9.17) is 5.11 Å². The Morgan fingerprint density at radius 3 is 2.50 bits per heavy atom. The zero-order valence-corrected chi connectivity index (χ0v) is 16.2. The van der Waals surface area contributed by atoms with Crippen molar-refractivity contribution < 1.29 is 49.7 Å². The second-order valence-electron chi connectivity index (χ2n) is 5.15. The summed E-state index contributed by atoms with van der Waals surface area (Å²) in [6, 6.07) is -0.795. The van der Waals surface area contributed by atoms with E-state index >= 15 is 0 Å². The third-order valence-corrected chi connectivity index (χ3v) is 3.02. The zero-order chi connectivity index (χ0) is 16.3. The van der Waals surface area contributed by atoms with Crippen molar-refractivity contribution in [2.75, 3.05) is 13.2 Å². The van der Waals surface area contributed by atoms with E-state index in [1.807, 2.05) is 6.08 Å². The van der Waals surface area contributed by atoms with E-state index in [-0.39, 0.29) is 55.1 Å². The van der Waals surface area contributed by atoms with Gasteiger partial charge in [0.25, 0.3) is 0 Å². The third kappa shape index (κ3) is 12.2. The van der Waals surface area contributed by atoms with Crippen LogP contribution in [-0.4, -0.2) is 52.3 Å². The molecule has 2 unspecified atom stereocenters. The number of hydrogen-bond acceptors (Lipinski definition) is 5. The van der Waals surface area contributed by atoms with Crippen molar-refractivity contribution in [3.8, 4) is 0 Å². The topological polar surface area (TPSA) is 96.2 Å². The Hall–Kier alpha value is -0.400. The minimum absolute atomic E-state index is 0. The van der Waals surface area contributed by atoms with Crippen molar-refractivity contribution in [1.29, 1.82) is 0 Å². The summed E-state index contributed by atoms with van der Waals surface area (Å²) in [5.41, 5.74) is 0. The molecule has 0 amide bonds. The van der Waals surface area contributed by atoms with Gasteiger partial charge in [0.05, 0.1) is 12.8 Å². The van der Waals surface area contributed by atoms with Crippen molar-refractivity contribution in [1.82, 2.24) is 4.90 Å². The number of allylic oxidation sites excluding steroid dienone is 1. The normalized spacial score (nSPS) is 14.9. The molecule has 122 valence electrons. The van der Waals surface area contributed by atoms with E-state index in [2.05, 4.69) is 11.9 Å². The number of carboxylic acid groups (broad SMARTS) is 1. The van der Waals surface area contributed by atoms with Gasteiger partial charge in [-0.25, -0.2) is 0 Å². The number of aliphatic carboxylic acids is 1. The van der Waals surface area contributed by atoms with Crippen LogP contribution in [0.15, 0.2) is 17.1 Å². The maximum absolute atomic E-state index is 11.6. The van der Waals surface area contributed by atoms with E-state index < -0.39 is 18.1 Å². The summed E-state index contributed by atoms with van der Waals surface area (Å²) in [5, 5.41) is 30.0. The molecular weight excluding hydrogens is 295 g/mol. The third-order valence-electron chi connectivity index (χ3n) is 3.02. The molecule has 0 aliphatic rings. The first kappa shape index (κ1) is 23.9. The van der Waals surface area contributed by atoms with Crippen LogP contribution in [0.2, 0.25) is 0 Å². The Bertz CT molecular complexity index is 359. The fourth-order valence-electron chi connectivity index (χ4n) is 1.69. The molecule has 0 rings (SSSR count). The van der Waals surface area contributed by atoms with Crippen LogP contribution in [0.1, 0.15) is 46.5 Å². The number of aliphatic hydroxyl groups is 1. The smallest absolute Gasteiger partial charge is 0.862 e. The molecule has 2 atom stereocenters. The maximum atomic E-state index is 11.6. The molecular formula is C15H27N2NaO4. The van der Waals surface area contributed by atoms with Gasteiger partial charge in [-0.1, -0.05) is 31.9 Å². The zero-order valence-electron chi connectivity index (χ0n) is 14.2. The van der Waals surface area contributed by atoms with Gasteiger partial charge < -0.3 is 15.3 Å². The second-order valence-corrected chi connectivity index (χ2v) is 5.15. The first-order chi connectivity index (χ1) is 9.88. The van der Waals surface area contributed by atoms with Crippen LogP contribution >= 0.6 is 0 Å². The Morgan fingerprint density at radius 2 is 2.00 bits per heavy atom. The monoisotopic (exact) mass is 322 g/mol. The molecule has 6 nitrogen and oxygen atoms in total. The molecule has 0 aliphatic carbocycles. The predicted molar refractivity (Wildman–Crippen MR) is 81.1 cm³/mol. The largest absolute Gasteiger partial charge is 1.00 e. The molecule has 0 fully saturated rings. The Kier molecular flexibility index (Phi) is 15.4. The molecule has 0 saturated heterocycles. The minimum Gasteiger partial charge on any atom is -0.862 e. The fourth-order valence-corrected chi connectivity index (χ4v) is 1.69. The van der Waals surface area contributed by atoms with Gasteiger partial charge in [0, 0.05) is 6.54 Å². The summed E-state index contributed by atoms with van der Waals surface area (Å²) in [6.45, 7) is 5.33. The van der Waals surface area contributed by atoms with Gasteiger partial charge in [0.2, 0.25) is 0 Å². The Morgan fingerprint density at radius 1 is 1.36 bits per heavy atom. The van der Waals surface area contributed by atoms with Crippen LogP contribution in [0, 0.1) is 0 Å². The number of aliphatic hydroxyl groups excluding tert-OH is 1. The van der Waals surface area contributed by atoms with Gasteiger partial charge in [-0.2, -0.15) is 0 Å². The van der Waals surface area contributed by atoms with Crippen LogP contribution in [-0.2, 0) is 4.79 Å². The van der Waals surface area contributed by atoms with Gasteiger partial charge in [-0.3, -0.25) is 14.7 Å². The first-order valence-corrected chi connectivity index (χ1v) is 7.38. The number of aliphatic imine (C=N–C) groups is 1. The van der Waals surface area contributed by atoms with Crippen molar-refractivity contribution in [2.45, 2.75) is 58.6 Å². The number of carboxylic acids is 1. The number of nitrogens with zero attached hydrogens (tertiary/aromatic N) is 2. The quantitative estimate of drug-likeness (QED) is 0.151. The molecule has 0 spiro atoms. The minimum atomic E-state index is -1.00. The summed E-state index contributed by atoms with van der Waals surface area (Å²) >= 11 is 0. The Balaban J connectivity index is 0. The van der Waals surface area contributed by atoms with Crippen LogP contribution < -0.4 is 34.7 Å². The average molecular weight is 322 g/mol. The van der Waals surface area contributed by atoms with Crippen molar-refractivity contribution >= 4 is 11.9 Å². The SMILES string of the molecule is CCCC/C=C/CC([O-])=NCN(CC(C)O)C(C)C(=O)O.[Na+]. The molecule has 22 heavy (non-hydrogen) atoms. The van der Waals surface area contributed by atoms with Crippen LogP contribution in [0.3, 0.4) is 0 Å². The summed E-state index contributed by atoms with van der Waals surface area (Å²) < 4.78 is 0. The molecule has 0 aromatic rings. The van der Waals surface area contributed by atoms with Crippen LogP contribution in [0.5, 0.6) is 0 Å². The summed E-state index contributed by atoms with van der Waals surface area (Å²) in [7, 11) is 0. The molecule has 0 aromatic carbocycles. The molecule has 0 saturated carbocycles. The van der Waals surface area contributed by atoms with Gasteiger partial charge >= 0.3 is 35.5 Å². The summed E-state index contributed by atoms with van der Waals surface area (Å²) in [4.78, 5) is 16.3. The molecule has 0 bridgehead atoms. The molecule has 2 N–H and O–H groups in total. The summed E-state index contributed by atoms with van der Waals surface area (Å²) in [6.07, 6.45) is 6.48. The Labute approximate surface area is 155 Å². The standard InChI is InChI=1S/C15H28N2O4.Na/c1-4-5-6-7-8-9-14(19)16-11-17(10-12(2)18)13(3)15(20)21;/h7-8,12-13,18H,4-6,9-11H2,1-3H3,(H,16,19)(H,20,21);/q;+1/p-1/b8-7+;. The molecule has 0 aliphatic heterocycles. The number of carbonyl (C=O) groups is 1. The van der Waals surface area contributed by atoms with E-state index in [0.717, 1.165) is 19.3 Å². The van der Waals surface area contributed by atoms with Crippen molar-refractivity contribution in [2.24, 2.45) is 4.99 Å². The van der Waals surface area contributed by atoms with Gasteiger partial charge in [0.1, 0.15) is 6.04 Å². The van der Waals surface area contributed by atoms with Gasteiger partial charge in [-0.15, -0.1) is 0 Å². The van der Waals surface area contributed by atoms with E-state index in [1.54, 1.807) is 13.0 Å². The number of hydrogen-bond donors (Lipinski definition) is 2. The van der Waals surface area contributed by atoms with Gasteiger partial charge in [0.15, 0.2) is 0 Å². The number of unbranched alkanes of at least 4 members (excludes halogenated alkanes) is 2.